The number of nitrogens with two attached hydrogens (primary N) is 1. The third kappa shape index (κ3) is 4.67. The second-order valence-corrected chi connectivity index (χ2v) is 5.29. The lowest BCUT2D eigenvalue weighted by Gasteiger charge is -2.15. The van der Waals surface area contributed by atoms with Crippen molar-refractivity contribution in [1.82, 2.24) is 15.3 Å². The van der Waals surface area contributed by atoms with Gasteiger partial charge < -0.3 is 20.5 Å². The van der Waals surface area contributed by atoms with Crippen LogP contribution in [0.2, 0.25) is 0 Å². The van der Waals surface area contributed by atoms with Crippen LogP contribution in [-0.4, -0.2) is 42.2 Å². The Bertz CT molecular complexity index is 734. The number of carbonyl (C=O) groups excluding carboxylic acids is 1. The van der Waals surface area contributed by atoms with Gasteiger partial charge in [0.15, 0.2) is 0 Å². The maximum Gasteiger partial charge on any atom is 0.255 e. The van der Waals surface area contributed by atoms with Crippen LogP contribution >= 0.6 is 0 Å². The maximum absolute atomic E-state index is 12.5. The van der Waals surface area contributed by atoms with Crippen LogP contribution in [0.15, 0.2) is 24.3 Å². The highest BCUT2D eigenvalue weighted by molar-refractivity contribution is 6.01. The normalized spacial score (nSPS) is 10.5. The SMILES string of the molecule is CCNC(=O)c1c(C)nc(N)nc1-c1ccccc1OCCOCC. The number of ether oxygens (including phenoxy) is 2. The molecule has 7 nitrogen and oxygen atoms in total. The van der Waals surface area contributed by atoms with Crippen molar-refractivity contribution in [2.45, 2.75) is 20.8 Å². The number of nitrogens with zero attached hydrogens (tertiary/aromatic N) is 2. The summed E-state index contributed by atoms with van der Waals surface area (Å²) < 4.78 is 11.1. The Labute approximate surface area is 147 Å². The van der Waals surface area contributed by atoms with Crippen LogP contribution in [0.5, 0.6) is 5.75 Å². The van der Waals surface area contributed by atoms with Gasteiger partial charge in [0, 0.05) is 18.7 Å². The van der Waals surface area contributed by atoms with E-state index < -0.39 is 0 Å². The number of rotatable bonds is 8. The van der Waals surface area contributed by atoms with Crippen LogP contribution in [0.1, 0.15) is 29.9 Å². The van der Waals surface area contributed by atoms with Crippen LogP contribution in [0.4, 0.5) is 5.95 Å². The van der Waals surface area contributed by atoms with Crippen molar-refractivity contribution in [3.05, 3.63) is 35.5 Å². The molecule has 0 aliphatic carbocycles. The van der Waals surface area contributed by atoms with Gasteiger partial charge >= 0.3 is 0 Å². The van der Waals surface area contributed by atoms with Crippen LogP contribution < -0.4 is 15.8 Å². The Balaban J connectivity index is 2.45. The minimum Gasteiger partial charge on any atom is -0.490 e. The molecular formula is C18H24N4O3. The van der Waals surface area contributed by atoms with Gasteiger partial charge in [-0.15, -0.1) is 0 Å². The zero-order valence-corrected chi connectivity index (χ0v) is 14.8. The molecule has 2 rings (SSSR count). The number of hydrogen-bond donors (Lipinski definition) is 2. The van der Waals surface area contributed by atoms with E-state index in [0.29, 0.717) is 54.6 Å². The Hall–Kier alpha value is -2.67. The van der Waals surface area contributed by atoms with Gasteiger partial charge in [-0.3, -0.25) is 4.79 Å². The van der Waals surface area contributed by atoms with Gasteiger partial charge in [0.25, 0.3) is 5.91 Å². The highest BCUT2D eigenvalue weighted by Crippen LogP contribution is 2.32. The summed E-state index contributed by atoms with van der Waals surface area (Å²) >= 11 is 0. The maximum atomic E-state index is 12.5. The van der Waals surface area contributed by atoms with Gasteiger partial charge in [-0.1, -0.05) is 12.1 Å². The standard InChI is InChI=1S/C18H24N4O3/c1-4-20-17(23)15-12(3)21-18(19)22-16(15)13-8-6-7-9-14(13)25-11-10-24-5-2/h6-9H,4-5,10-11H2,1-3H3,(H,20,23)(H2,19,21,22). The van der Waals surface area contributed by atoms with Crippen molar-refractivity contribution in [3.8, 4) is 17.0 Å². The van der Waals surface area contributed by atoms with Gasteiger partial charge in [-0.2, -0.15) is 0 Å². The summed E-state index contributed by atoms with van der Waals surface area (Å²) in [6.07, 6.45) is 0. The summed E-state index contributed by atoms with van der Waals surface area (Å²) in [5.41, 5.74) is 7.89. The number of nitrogen functional groups attached to an aromatic ring is 1. The van der Waals surface area contributed by atoms with E-state index in [-0.39, 0.29) is 11.9 Å². The van der Waals surface area contributed by atoms with E-state index in [9.17, 15) is 4.79 Å². The molecule has 0 spiro atoms. The number of amides is 1. The molecule has 0 saturated carbocycles. The first-order valence-corrected chi connectivity index (χ1v) is 8.30. The molecule has 0 saturated heterocycles. The number of benzene rings is 1. The number of anilines is 1. The molecule has 25 heavy (non-hydrogen) atoms. The smallest absolute Gasteiger partial charge is 0.255 e. The largest absolute Gasteiger partial charge is 0.490 e. The molecule has 1 heterocycles. The van der Waals surface area contributed by atoms with Gasteiger partial charge in [0.1, 0.15) is 12.4 Å². The van der Waals surface area contributed by atoms with E-state index in [4.69, 9.17) is 15.2 Å². The highest BCUT2D eigenvalue weighted by atomic mass is 16.5. The van der Waals surface area contributed by atoms with Gasteiger partial charge in [-0.05, 0) is 32.9 Å². The number of aryl methyl sites for hydroxylation is 1. The Morgan fingerprint density at radius 2 is 1.96 bits per heavy atom. The van der Waals surface area contributed by atoms with Crippen LogP contribution in [0.25, 0.3) is 11.3 Å². The number of carbonyl (C=O) groups is 1. The number of aromatic nitrogens is 2. The minimum atomic E-state index is -0.237. The monoisotopic (exact) mass is 344 g/mol. The topological polar surface area (TPSA) is 99.4 Å². The van der Waals surface area contributed by atoms with Crippen molar-refractivity contribution in [1.29, 1.82) is 0 Å². The molecule has 0 aliphatic heterocycles. The third-order valence-electron chi connectivity index (χ3n) is 3.50. The minimum absolute atomic E-state index is 0.115. The summed E-state index contributed by atoms with van der Waals surface area (Å²) in [5.74, 6) is 0.494. The fourth-order valence-electron chi connectivity index (χ4n) is 2.45. The summed E-state index contributed by atoms with van der Waals surface area (Å²) in [4.78, 5) is 20.9. The average molecular weight is 344 g/mol. The van der Waals surface area contributed by atoms with Crippen molar-refractivity contribution in [2.75, 3.05) is 32.1 Å². The molecular weight excluding hydrogens is 320 g/mol. The van der Waals surface area contributed by atoms with Crippen LogP contribution in [0, 0.1) is 6.92 Å². The third-order valence-corrected chi connectivity index (χ3v) is 3.50. The lowest BCUT2D eigenvalue weighted by Crippen LogP contribution is -2.25. The fourth-order valence-corrected chi connectivity index (χ4v) is 2.45. The first kappa shape index (κ1) is 18.7. The van der Waals surface area contributed by atoms with E-state index in [0.717, 1.165) is 0 Å². The lowest BCUT2D eigenvalue weighted by molar-refractivity contribution is 0.0955. The highest BCUT2D eigenvalue weighted by Gasteiger charge is 2.21. The summed E-state index contributed by atoms with van der Waals surface area (Å²) in [7, 11) is 0. The molecule has 0 unspecified atom stereocenters. The van der Waals surface area contributed by atoms with Gasteiger partial charge in [0.05, 0.1) is 23.6 Å². The Morgan fingerprint density at radius 3 is 2.68 bits per heavy atom. The summed E-state index contributed by atoms with van der Waals surface area (Å²) in [5, 5.41) is 2.79. The van der Waals surface area contributed by atoms with Crippen LogP contribution in [-0.2, 0) is 4.74 Å². The van der Waals surface area contributed by atoms with Crippen molar-refractivity contribution in [3.63, 3.8) is 0 Å². The first-order valence-electron chi connectivity index (χ1n) is 8.30. The fraction of sp³-hybridized carbons (Fsp3) is 0.389. The first-order chi connectivity index (χ1) is 12.1. The summed E-state index contributed by atoms with van der Waals surface area (Å²) in [6, 6.07) is 7.40. The van der Waals surface area contributed by atoms with E-state index in [1.165, 1.54) is 0 Å². The van der Waals surface area contributed by atoms with Gasteiger partial charge in [-0.25, -0.2) is 9.97 Å². The molecule has 0 fully saturated rings. The van der Waals surface area contributed by atoms with E-state index in [1.54, 1.807) is 6.92 Å². The molecule has 3 N–H and O–H groups in total. The second-order valence-electron chi connectivity index (χ2n) is 5.29. The Kier molecular flexibility index (Phi) is 6.71. The molecule has 0 aliphatic rings. The summed E-state index contributed by atoms with van der Waals surface area (Å²) in [6.45, 7) is 7.56. The molecule has 2 aromatic rings. The predicted molar refractivity (Wildman–Crippen MR) is 96.6 cm³/mol. The molecule has 134 valence electrons. The van der Waals surface area contributed by atoms with E-state index in [1.807, 2.05) is 38.1 Å². The second kappa shape index (κ2) is 8.98. The number of hydrogen-bond acceptors (Lipinski definition) is 6. The zero-order valence-electron chi connectivity index (χ0n) is 14.8. The Morgan fingerprint density at radius 1 is 1.20 bits per heavy atom. The predicted octanol–water partition coefficient (Wildman–Crippen LogP) is 2.20. The van der Waals surface area contributed by atoms with E-state index >= 15 is 0 Å². The average Bonchev–Trinajstić information content (AvgIpc) is 2.58. The molecule has 1 amide bonds. The molecule has 0 bridgehead atoms. The van der Waals surface area contributed by atoms with Crippen molar-refractivity contribution >= 4 is 11.9 Å². The molecule has 0 radical (unpaired) electrons. The quantitative estimate of drug-likeness (QED) is 0.712. The molecule has 1 aromatic heterocycles. The molecule has 1 aromatic carbocycles. The van der Waals surface area contributed by atoms with E-state index in [2.05, 4.69) is 15.3 Å². The van der Waals surface area contributed by atoms with Gasteiger partial charge in [0.2, 0.25) is 5.95 Å². The number of para-hydroxylation sites is 1. The lowest BCUT2D eigenvalue weighted by atomic mass is 10.0. The molecule has 0 atom stereocenters. The number of nitrogens with one attached hydrogen (secondary N) is 1. The van der Waals surface area contributed by atoms with Crippen molar-refractivity contribution < 1.29 is 14.3 Å². The van der Waals surface area contributed by atoms with Crippen LogP contribution in [0.3, 0.4) is 0 Å². The van der Waals surface area contributed by atoms with Crippen molar-refractivity contribution in [2.24, 2.45) is 0 Å². The zero-order chi connectivity index (χ0) is 18.2. The molecule has 7 heteroatoms.